The quantitative estimate of drug-likeness (QED) is 0.460. The first-order valence-corrected chi connectivity index (χ1v) is 4.36. The summed E-state index contributed by atoms with van der Waals surface area (Å²) in [6.07, 6.45) is 2.70. The van der Waals surface area contributed by atoms with Gasteiger partial charge in [0, 0.05) is 11.8 Å². The minimum atomic E-state index is -0.489. The maximum absolute atomic E-state index is 13.0. The molecule has 0 saturated heterocycles. The first-order valence-electron chi connectivity index (χ1n) is 4.36. The van der Waals surface area contributed by atoms with Crippen LogP contribution in [-0.4, -0.2) is 13.1 Å². The Kier molecular flexibility index (Phi) is 3.44. The number of hydrogen-bond donors (Lipinski definition) is 1. The van der Waals surface area contributed by atoms with Crippen molar-refractivity contribution in [1.29, 1.82) is 0 Å². The Morgan fingerprint density at radius 3 is 2.80 bits per heavy atom. The number of hydrogen-bond acceptors (Lipinski definition) is 3. The van der Waals surface area contributed by atoms with Crippen LogP contribution >= 0.6 is 0 Å². The van der Waals surface area contributed by atoms with Crippen molar-refractivity contribution in [1.82, 2.24) is 0 Å². The molecule has 0 aliphatic rings. The predicted octanol–water partition coefficient (Wildman–Crippen LogP) is 1.90. The number of nitrogens with two attached hydrogens (primary N) is 1. The zero-order valence-electron chi connectivity index (χ0n) is 8.58. The lowest BCUT2D eigenvalue weighted by Crippen LogP contribution is -1.96. The molecule has 0 saturated carbocycles. The molecule has 1 rings (SSSR count). The highest BCUT2D eigenvalue weighted by Gasteiger charge is 2.02. The predicted molar refractivity (Wildman–Crippen MR) is 56.6 cm³/mol. The van der Waals surface area contributed by atoms with Crippen molar-refractivity contribution in [2.45, 2.75) is 6.92 Å². The van der Waals surface area contributed by atoms with Crippen molar-refractivity contribution in [2.24, 2.45) is 0 Å². The van der Waals surface area contributed by atoms with Gasteiger partial charge < -0.3 is 10.5 Å². The maximum Gasteiger partial charge on any atom is 0.330 e. The first-order chi connectivity index (χ1) is 7.04. The SMILES string of the molecule is COC(=O)C=Cc1cc(F)cc(N)c1C. The third kappa shape index (κ3) is 2.80. The molecule has 80 valence electrons. The van der Waals surface area contributed by atoms with Crippen molar-refractivity contribution in [2.75, 3.05) is 12.8 Å². The van der Waals surface area contributed by atoms with E-state index < -0.39 is 11.8 Å². The normalized spacial score (nSPS) is 10.6. The average Bonchev–Trinajstić information content (AvgIpc) is 2.20. The summed E-state index contributed by atoms with van der Waals surface area (Å²) >= 11 is 0. The summed E-state index contributed by atoms with van der Waals surface area (Å²) < 4.78 is 17.4. The molecular weight excluding hydrogens is 197 g/mol. The van der Waals surface area contributed by atoms with Gasteiger partial charge in [-0.15, -0.1) is 0 Å². The molecule has 0 aromatic heterocycles. The summed E-state index contributed by atoms with van der Waals surface area (Å²) in [6.45, 7) is 1.76. The lowest BCUT2D eigenvalue weighted by atomic mass is 10.1. The molecule has 0 unspecified atom stereocenters. The summed E-state index contributed by atoms with van der Waals surface area (Å²) in [7, 11) is 1.28. The van der Waals surface area contributed by atoms with E-state index in [4.69, 9.17) is 5.73 Å². The van der Waals surface area contributed by atoms with Crippen molar-refractivity contribution >= 4 is 17.7 Å². The third-order valence-electron chi connectivity index (χ3n) is 2.05. The van der Waals surface area contributed by atoms with Crippen molar-refractivity contribution < 1.29 is 13.9 Å². The van der Waals surface area contributed by atoms with Gasteiger partial charge in [-0.1, -0.05) is 0 Å². The molecule has 0 fully saturated rings. The van der Waals surface area contributed by atoms with E-state index in [0.29, 0.717) is 11.3 Å². The number of rotatable bonds is 2. The smallest absolute Gasteiger partial charge is 0.330 e. The van der Waals surface area contributed by atoms with E-state index in [1.165, 1.54) is 31.4 Å². The van der Waals surface area contributed by atoms with Crippen molar-refractivity contribution in [3.63, 3.8) is 0 Å². The highest BCUT2D eigenvalue weighted by atomic mass is 19.1. The fourth-order valence-electron chi connectivity index (χ4n) is 1.12. The van der Waals surface area contributed by atoms with E-state index in [9.17, 15) is 9.18 Å². The van der Waals surface area contributed by atoms with Crippen LogP contribution in [-0.2, 0) is 9.53 Å². The minimum Gasteiger partial charge on any atom is -0.466 e. The summed E-state index contributed by atoms with van der Waals surface area (Å²) in [5.41, 5.74) is 7.23. The van der Waals surface area contributed by atoms with Gasteiger partial charge in [0.2, 0.25) is 0 Å². The zero-order chi connectivity index (χ0) is 11.4. The van der Waals surface area contributed by atoms with Gasteiger partial charge in [0.05, 0.1) is 7.11 Å². The van der Waals surface area contributed by atoms with Crippen LogP contribution in [0.5, 0.6) is 0 Å². The van der Waals surface area contributed by atoms with Gasteiger partial charge in [-0.2, -0.15) is 0 Å². The van der Waals surface area contributed by atoms with Crippen LogP contribution in [0.15, 0.2) is 18.2 Å². The Morgan fingerprint density at radius 2 is 2.20 bits per heavy atom. The zero-order valence-corrected chi connectivity index (χ0v) is 8.58. The molecule has 1 aromatic rings. The lowest BCUT2D eigenvalue weighted by Gasteiger charge is -2.04. The number of carbonyl (C=O) groups excluding carboxylic acids is 1. The third-order valence-corrected chi connectivity index (χ3v) is 2.05. The number of methoxy groups -OCH3 is 1. The van der Waals surface area contributed by atoms with Gasteiger partial charge in [0.25, 0.3) is 0 Å². The molecule has 3 nitrogen and oxygen atoms in total. The summed E-state index contributed by atoms with van der Waals surface area (Å²) in [4.78, 5) is 10.8. The number of benzene rings is 1. The summed E-state index contributed by atoms with van der Waals surface area (Å²) in [6, 6.07) is 2.55. The molecule has 0 bridgehead atoms. The molecule has 0 spiro atoms. The molecule has 0 amide bonds. The minimum absolute atomic E-state index is 0.361. The second-order valence-corrected chi connectivity index (χ2v) is 3.07. The highest BCUT2D eigenvalue weighted by molar-refractivity contribution is 5.87. The Morgan fingerprint density at radius 1 is 1.53 bits per heavy atom. The van der Waals surface area contributed by atoms with E-state index in [0.717, 1.165) is 5.56 Å². The molecule has 2 N–H and O–H groups in total. The van der Waals surface area contributed by atoms with Crippen LogP contribution in [0.3, 0.4) is 0 Å². The van der Waals surface area contributed by atoms with E-state index in [1.54, 1.807) is 6.92 Å². The number of anilines is 1. The molecule has 0 aliphatic heterocycles. The van der Waals surface area contributed by atoms with Crippen molar-refractivity contribution in [3.8, 4) is 0 Å². The van der Waals surface area contributed by atoms with Crippen molar-refractivity contribution in [3.05, 3.63) is 35.2 Å². The van der Waals surface area contributed by atoms with Crippen LogP contribution in [0.1, 0.15) is 11.1 Å². The number of nitrogen functional groups attached to an aromatic ring is 1. The molecular formula is C11H12FNO2. The van der Waals surface area contributed by atoms with E-state index in [-0.39, 0.29) is 0 Å². The van der Waals surface area contributed by atoms with E-state index in [2.05, 4.69) is 4.74 Å². The monoisotopic (exact) mass is 209 g/mol. The Bertz CT molecular complexity index is 413. The fourth-order valence-corrected chi connectivity index (χ4v) is 1.12. The topological polar surface area (TPSA) is 52.3 Å². The Labute approximate surface area is 87.3 Å². The number of halogens is 1. The Hall–Kier alpha value is -1.84. The second kappa shape index (κ2) is 4.59. The highest BCUT2D eigenvalue weighted by Crippen LogP contribution is 2.19. The largest absolute Gasteiger partial charge is 0.466 e. The summed E-state index contributed by atoms with van der Waals surface area (Å²) in [5.74, 6) is -0.917. The van der Waals surface area contributed by atoms with Gasteiger partial charge >= 0.3 is 5.97 Å². The van der Waals surface area contributed by atoms with Gasteiger partial charge in [0.1, 0.15) is 5.82 Å². The van der Waals surface area contributed by atoms with Crippen LogP contribution < -0.4 is 5.73 Å². The van der Waals surface area contributed by atoms with Gasteiger partial charge in [-0.3, -0.25) is 0 Å². The molecule has 0 heterocycles. The second-order valence-electron chi connectivity index (χ2n) is 3.07. The average molecular weight is 209 g/mol. The van der Waals surface area contributed by atoms with Crippen LogP contribution in [0.2, 0.25) is 0 Å². The molecule has 0 atom stereocenters. The van der Waals surface area contributed by atoms with Crippen LogP contribution in [0, 0.1) is 12.7 Å². The lowest BCUT2D eigenvalue weighted by molar-refractivity contribution is -0.134. The number of carbonyl (C=O) groups is 1. The first kappa shape index (κ1) is 11.2. The maximum atomic E-state index is 13.0. The van der Waals surface area contributed by atoms with Gasteiger partial charge in [-0.05, 0) is 36.3 Å². The number of esters is 1. The van der Waals surface area contributed by atoms with E-state index >= 15 is 0 Å². The number of ether oxygens (including phenoxy) is 1. The Balaban J connectivity index is 3.04. The molecule has 1 aromatic carbocycles. The standard InChI is InChI=1S/C11H12FNO2/c1-7-8(3-4-11(14)15-2)5-9(12)6-10(7)13/h3-6H,13H2,1-2H3. The van der Waals surface area contributed by atoms with Gasteiger partial charge in [-0.25, -0.2) is 9.18 Å². The van der Waals surface area contributed by atoms with Crippen LogP contribution in [0.4, 0.5) is 10.1 Å². The van der Waals surface area contributed by atoms with Crippen LogP contribution in [0.25, 0.3) is 6.08 Å². The molecule has 0 aliphatic carbocycles. The molecule has 0 radical (unpaired) electrons. The van der Waals surface area contributed by atoms with Gasteiger partial charge in [0.15, 0.2) is 0 Å². The van der Waals surface area contributed by atoms with E-state index in [1.807, 2.05) is 0 Å². The molecule has 4 heteroatoms. The fraction of sp³-hybridized carbons (Fsp3) is 0.182. The summed E-state index contributed by atoms with van der Waals surface area (Å²) in [5, 5.41) is 0. The molecule has 15 heavy (non-hydrogen) atoms.